The molecule has 0 saturated heterocycles. The van der Waals surface area contributed by atoms with Crippen molar-refractivity contribution in [2.24, 2.45) is 0 Å². The normalized spacial score (nSPS) is 11.6. The monoisotopic (exact) mass is 258 g/mol. The first-order valence-electron chi connectivity index (χ1n) is 4.47. The molecule has 0 radical (unpaired) electrons. The summed E-state index contributed by atoms with van der Waals surface area (Å²) in [6, 6.07) is 3.22. The molecule has 0 aliphatic rings. The zero-order valence-electron chi connectivity index (χ0n) is 8.41. The molecule has 0 aliphatic heterocycles. The van der Waals surface area contributed by atoms with Gasteiger partial charge in [0.25, 0.3) is 0 Å². The minimum absolute atomic E-state index is 0.159. The Hall–Kier alpha value is -1.31. The topological polar surface area (TPSA) is 63.0 Å². The molecule has 1 rings (SSSR count). The fourth-order valence-electron chi connectivity index (χ4n) is 1.09. The molecule has 1 heterocycles. The molecule has 84 valence electrons. The number of esters is 1. The predicted molar refractivity (Wildman–Crippen MR) is 59.2 cm³/mol. The quantitative estimate of drug-likeness (QED) is 0.782. The Kier molecular flexibility index (Phi) is 4.53. The number of halogens is 2. The van der Waals surface area contributed by atoms with Gasteiger partial charge in [-0.2, -0.15) is 5.26 Å². The van der Waals surface area contributed by atoms with Crippen molar-refractivity contribution < 1.29 is 9.53 Å². The molecule has 1 aromatic heterocycles. The Morgan fingerprint density at radius 3 is 2.88 bits per heavy atom. The van der Waals surface area contributed by atoms with E-state index in [4.69, 9.17) is 33.2 Å². The van der Waals surface area contributed by atoms with Gasteiger partial charge in [0.1, 0.15) is 0 Å². The Balaban J connectivity index is 3.05. The number of rotatable bonds is 3. The molecular weight excluding hydrogens is 251 g/mol. The first-order chi connectivity index (χ1) is 7.60. The van der Waals surface area contributed by atoms with Gasteiger partial charge in [0.15, 0.2) is 5.92 Å². The lowest BCUT2D eigenvalue weighted by molar-refractivity contribution is -0.143. The Morgan fingerprint density at radius 1 is 1.69 bits per heavy atom. The van der Waals surface area contributed by atoms with E-state index >= 15 is 0 Å². The van der Waals surface area contributed by atoms with Crippen LogP contribution in [0.3, 0.4) is 0 Å². The molecule has 0 spiro atoms. The van der Waals surface area contributed by atoms with Crippen molar-refractivity contribution in [2.45, 2.75) is 12.8 Å². The molecule has 4 nitrogen and oxygen atoms in total. The van der Waals surface area contributed by atoms with Crippen molar-refractivity contribution in [3.8, 4) is 6.07 Å². The maximum atomic E-state index is 11.4. The van der Waals surface area contributed by atoms with Crippen molar-refractivity contribution in [1.82, 2.24) is 4.98 Å². The molecule has 1 aromatic rings. The van der Waals surface area contributed by atoms with E-state index in [1.54, 1.807) is 13.0 Å². The van der Waals surface area contributed by atoms with Crippen LogP contribution >= 0.6 is 23.2 Å². The minimum atomic E-state index is -1.12. The van der Waals surface area contributed by atoms with E-state index in [0.717, 1.165) is 0 Å². The highest BCUT2D eigenvalue weighted by Gasteiger charge is 2.25. The van der Waals surface area contributed by atoms with Crippen molar-refractivity contribution in [3.63, 3.8) is 0 Å². The molecule has 0 fully saturated rings. The number of ether oxygens (including phenoxy) is 1. The Labute approximate surface area is 103 Å². The molecule has 0 amide bonds. The number of carbonyl (C=O) groups excluding carboxylic acids is 1. The van der Waals surface area contributed by atoms with Crippen molar-refractivity contribution in [3.05, 3.63) is 28.0 Å². The first-order valence-corrected chi connectivity index (χ1v) is 5.23. The number of carbonyl (C=O) groups is 1. The summed E-state index contributed by atoms with van der Waals surface area (Å²) >= 11 is 11.5. The van der Waals surface area contributed by atoms with Crippen LogP contribution in [0.4, 0.5) is 0 Å². The van der Waals surface area contributed by atoms with Gasteiger partial charge in [0.05, 0.1) is 28.4 Å². The summed E-state index contributed by atoms with van der Waals surface area (Å²) in [5.74, 6) is -1.79. The van der Waals surface area contributed by atoms with E-state index in [1.807, 2.05) is 0 Å². The van der Waals surface area contributed by atoms with Crippen LogP contribution in [0.2, 0.25) is 10.0 Å². The number of nitrogens with zero attached hydrogens (tertiary/aromatic N) is 2. The van der Waals surface area contributed by atoms with Crippen LogP contribution in [0.1, 0.15) is 18.5 Å². The third kappa shape index (κ3) is 2.84. The largest absolute Gasteiger partial charge is 0.465 e. The predicted octanol–water partition coefficient (Wildman–Crippen LogP) is 2.56. The lowest BCUT2D eigenvalue weighted by Crippen LogP contribution is -2.16. The highest BCUT2D eigenvalue weighted by molar-refractivity contribution is 6.35. The lowest BCUT2D eigenvalue weighted by atomic mass is 10.1. The maximum Gasteiger partial charge on any atom is 0.329 e. The molecule has 16 heavy (non-hydrogen) atoms. The van der Waals surface area contributed by atoms with Gasteiger partial charge in [-0.15, -0.1) is 0 Å². The van der Waals surface area contributed by atoms with Crippen LogP contribution in [0.5, 0.6) is 0 Å². The number of pyridine rings is 1. The average Bonchev–Trinajstić information content (AvgIpc) is 2.22. The van der Waals surface area contributed by atoms with Gasteiger partial charge >= 0.3 is 5.97 Å². The third-order valence-electron chi connectivity index (χ3n) is 1.76. The molecule has 0 saturated carbocycles. The van der Waals surface area contributed by atoms with Crippen LogP contribution in [0, 0.1) is 11.3 Å². The number of hydrogen-bond donors (Lipinski definition) is 0. The van der Waals surface area contributed by atoms with Gasteiger partial charge < -0.3 is 4.74 Å². The standard InChI is InChI=1S/C10H8Cl2N2O2/c1-2-16-10(15)7(4-13)9-8(12)3-6(11)5-14-9/h3,5,7H,2H2,1H3. The number of aromatic nitrogens is 1. The summed E-state index contributed by atoms with van der Waals surface area (Å²) < 4.78 is 4.74. The van der Waals surface area contributed by atoms with E-state index in [9.17, 15) is 4.79 Å². The van der Waals surface area contributed by atoms with Gasteiger partial charge in [-0.25, -0.2) is 0 Å². The van der Waals surface area contributed by atoms with Crippen molar-refractivity contribution >= 4 is 29.2 Å². The molecule has 6 heteroatoms. The van der Waals surface area contributed by atoms with E-state index in [1.165, 1.54) is 12.3 Å². The zero-order chi connectivity index (χ0) is 12.1. The number of hydrogen-bond acceptors (Lipinski definition) is 4. The molecule has 0 bridgehead atoms. The molecular formula is C10H8Cl2N2O2. The van der Waals surface area contributed by atoms with Gasteiger partial charge in [0.2, 0.25) is 0 Å². The fraction of sp³-hybridized carbons (Fsp3) is 0.300. The van der Waals surface area contributed by atoms with Gasteiger partial charge in [0, 0.05) is 6.20 Å². The van der Waals surface area contributed by atoms with E-state index in [2.05, 4.69) is 4.98 Å². The number of nitriles is 1. The van der Waals surface area contributed by atoms with Crippen LogP contribution in [-0.4, -0.2) is 17.6 Å². The van der Waals surface area contributed by atoms with E-state index < -0.39 is 11.9 Å². The molecule has 1 atom stereocenters. The fourth-order valence-corrected chi connectivity index (χ4v) is 1.58. The van der Waals surface area contributed by atoms with E-state index in [-0.39, 0.29) is 17.3 Å². The minimum Gasteiger partial charge on any atom is -0.465 e. The third-order valence-corrected chi connectivity index (χ3v) is 2.27. The second-order valence-corrected chi connectivity index (χ2v) is 3.68. The van der Waals surface area contributed by atoms with Gasteiger partial charge in [-0.05, 0) is 13.0 Å². The SMILES string of the molecule is CCOC(=O)C(C#N)c1ncc(Cl)cc1Cl. The van der Waals surface area contributed by atoms with Gasteiger partial charge in [-0.3, -0.25) is 9.78 Å². The molecule has 0 aliphatic carbocycles. The van der Waals surface area contributed by atoms with Crippen LogP contribution < -0.4 is 0 Å². The van der Waals surface area contributed by atoms with Crippen LogP contribution in [0.25, 0.3) is 0 Å². The first kappa shape index (κ1) is 12.8. The van der Waals surface area contributed by atoms with Gasteiger partial charge in [-0.1, -0.05) is 23.2 Å². The average molecular weight is 259 g/mol. The van der Waals surface area contributed by atoms with Crippen LogP contribution in [0.15, 0.2) is 12.3 Å². The smallest absolute Gasteiger partial charge is 0.329 e. The molecule has 0 aromatic carbocycles. The van der Waals surface area contributed by atoms with Crippen LogP contribution in [-0.2, 0) is 9.53 Å². The molecule has 1 unspecified atom stereocenters. The van der Waals surface area contributed by atoms with Crippen molar-refractivity contribution in [1.29, 1.82) is 5.26 Å². The maximum absolute atomic E-state index is 11.4. The van der Waals surface area contributed by atoms with E-state index in [0.29, 0.717) is 5.02 Å². The Morgan fingerprint density at radius 2 is 2.38 bits per heavy atom. The summed E-state index contributed by atoms with van der Waals surface area (Å²) in [5, 5.41) is 9.40. The summed E-state index contributed by atoms with van der Waals surface area (Å²) in [6.07, 6.45) is 1.33. The second kappa shape index (κ2) is 5.69. The zero-order valence-corrected chi connectivity index (χ0v) is 9.92. The summed E-state index contributed by atoms with van der Waals surface area (Å²) in [6.45, 7) is 1.85. The highest BCUT2D eigenvalue weighted by atomic mass is 35.5. The summed E-state index contributed by atoms with van der Waals surface area (Å²) in [4.78, 5) is 15.3. The second-order valence-electron chi connectivity index (χ2n) is 2.83. The highest BCUT2D eigenvalue weighted by Crippen LogP contribution is 2.25. The summed E-state index contributed by atoms with van der Waals surface area (Å²) in [5.41, 5.74) is 0.159. The van der Waals surface area contributed by atoms with Crippen molar-refractivity contribution in [2.75, 3.05) is 6.61 Å². The summed E-state index contributed by atoms with van der Waals surface area (Å²) in [7, 11) is 0. The molecule has 0 N–H and O–H groups in total. The Bertz CT molecular complexity index is 443. The lowest BCUT2D eigenvalue weighted by Gasteiger charge is -2.09.